The fraction of sp³-hybridized carbons (Fsp3) is 0.412. The molecule has 0 aliphatic heterocycles. The van der Waals surface area contributed by atoms with Crippen molar-refractivity contribution in [2.75, 3.05) is 11.9 Å². The number of aromatic nitrogens is 2. The van der Waals surface area contributed by atoms with Crippen LogP contribution in [0.3, 0.4) is 0 Å². The zero-order chi connectivity index (χ0) is 15.7. The van der Waals surface area contributed by atoms with Crippen molar-refractivity contribution in [1.82, 2.24) is 10.2 Å². The molecule has 2 atom stereocenters. The second kappa shape index (κ2) is 5.83. The Morgan fingerprint density at radius 2 is 2.32 bits per heavy atom. The number of nitrogens with one attached hydrogen (secondary N) is 2. The number of amides is 1. The first-order valence-electron chi connectivity index (χ1n) is 7.74. The molecule has 5 heteroatoms. The third kappa shape index (κ3) is 2.71. The Labute approximate surface area is 130 Å². The van der Waals surface area contributed by atoms with Crippen molar-refractivity contribution < 1.29 is 4.79 Å². The van der Waals surface area contributed by atoms with Crippen molar-refractivity contribution in [2.24, 2.45) is 17.6 Å². The largest absolute Gasteiger partial charge is 0.384 e. The highest BCUT2D eigenvalue weighted by molar-refractivity contribution is 6.04. The van der Waals surface area contributed by atoms with E-state index in [2.05, 4.69) is 35.4 Å². The molecule has 4 N–H and O–H groups in total. The number of anilines is 1. The molecule has 3 rings (SSSR count). The van der Waals surface area contributed by atoms with Crippen LogP contribution >= 0.6 is 0 Å². The Bertz CT molecular complexity index is 731. The summed E-state index contributed by atoms with van der Waals surface area (Å²) in [7, 11) is 0. The summed E-state index contributed by atoms with van der Waals surface area (Å²) >= 11 is 0. The van der Waals surface area contributed by atoms with E-state index in [-0.39, 0.29) is 0 Å². The lowest BCUT2D eigenvalue weighted by atomic mass is 9.80. The number of carbonyl (C=O) groups excluding carboxylic acids is 1. The smallest absolute Gasteiger partial charge is 0.269 e. The van der Waals surface area contributed by atoms with Gasteiger partial charge in [-0.3, -0.25) is 9.89 Å². The number of H-pyrrole nitrogens is 1. The molecule has 22 heavy (non-hydrogen) atoms. The van der Waals surface area contributed by atoms with Gasteiger partial charge in [0.2, 0.25) is 0 Å². The molecule has 0 spiro atoms. The van der Waals surface area contributed by atoms with Gasteiger partial charge < -0.3 is 11.1 Å². The molecule has 2 unspecified atom stereocenters. The van der Waals surface area contributed by atoms with E-state index in [0.717, 1.165) is 23.1 Å². The van der Waals surface area contributed by atoms with E-state index < -0.39 is 5.91 Å². The molecule has 0 saturated carbocycles. The summed E-state index contributed by atoms with van der Waals surface area (Å²) in [5.41, 5.74) is 8.92. The predicted molar refractivity (Wildman–Crippen MR) is 88.7 cm³/mol. The first-order valence-corrected chi connectivity index (χ1v) is 7.74. The summed E-state index contributed by atoms with van der Waals surface area (Å²) in [5, 5.41) is 11.1. The summed E-state index contributed by atoms with van der Waals surface area (Å²) in [6.07, 6.45) is 4.78. The predicted octanol–water partition coefficient (Wildman–Crippen LogP) is 3.07. The van der Waals surface area contributed by atoms with Crippen LogP contribution in [0.2, 0.25) is 0 Å². The molecule has 1 amide bonds. The van der Waals surface area contributed by atoms with Crippen molar-refractivity contribution in [3.8, 4) is 0 Å². The van der Waals surface area contributed by atoms with Crippen LogP contribution in [0.4, 0.5) is 5.69 Å². The minimum absolute atomic E-state index is 0.292. The lowest BCUT2D eigenvalue weighted by molar-refractivity contribution is 0.0997. The van der Waals surface area contributed by atoms with E-state index in [9.17, 15) is 4.79 Å². The highest BCUT2D eigenvalue weighted by atomic mass is 16.1. The molecule has 0 radical (unpaired) electrons. The van der Waals surface area contributed by atoms with Crippen LogP contribution in [0.15, 0.2) is 29.8 Å². The van der Waals surface area contributed by atoms with E-state index in [4.69, 9.17) is 5.73 Å². The van der Waals surface area contributed by atoms with Gasteiger partial charge in [-0.1, -0.05) is 18.6 Å². The zero-order valence-electron chi connectivity index (χ0n) is 13.0. The maximum absolute atomic E-state index is 11.4. The first-order chi connectivity index (χ1) is 10.6. The number of hydrogen-bond donors (Lipinski definition) is 3. The number of carbonyl (C=O) groups is 1. The van der Waals surface area contributed by atoms with Gasteiger partial charge >= 0.3 is 0 Å². The number of primary amides is 1. The lowest BCUT2D eigenvalue weighted by Gasteiger charge is -2.29. The fourth-order valence-corrected chi connectivity index (χ4v) is 3.28. The Hall–Kier alpha value is -2.30. The topological polar surface area (TPSA) is 83.8 Å². The molecule has 0 bridgehead atoms. The summed E-state index contributed by atoms with van der Waals surface area (Å²) in [4.78, 5) is 11.4. The molecule has 1 aliphatic carbocycles. The Balaban J connectivity index is 1.79. The molecular formula is C17H22N4O. The molecule has 116 valence electrons. The monoisotopic (exact) mass is 298 g/mol. The van der Waals surface area contributed by atoms with Crippen LogP contribution < -0.4 is 11.1 Å². The lowest BCUT2D eigenvalue weighted by Crippen LogP contribution is -2.24. The molecule has 1 aromatic heterocycles. The zero-order valence-corrected chi connectivity index (χ0v) is 13.0. The molecule has 2 aromatic rings. The number of allylic oxidation sites excluding steroid dienone is 1. The summed E-state index contributed by atoms with van der Waals surface area (Å²) in [5.74, 6) is 0.740. The maximum Gasteiger partial charge on any atom is 0.269 e. The average molecular weight is 298 g/mol. The van der Waals surface area contributed by atoms with Gasteiger partial charge in [-0.25, -0.2) is 0 Å². The van der Waals surface area contributed by atoms with Gasteiger partial charge in [0.25, 0.3) is 5.91 Å². The van der Waals surface area contributed by atoms with E-state index in [1.807, 2.05) is 18.2 Å². The van der Waals surface area contributed by atoms with Crippen molar-refractivity contribution in [3.05, 3.63) is 35.5 Å². The Kier molecular flexibility index (Phi) is 3.88. The third-order valence-corrected chi connectivity index (χ3v) is 4.68. The van der Waals surface area contributed by atoms with Gasteiger partial charge in [-0.05, 0) is 49.8 Å². The number of rotatable bonds is 4. The Morgan fingerprint density at radius 1 is 1.50 bits per heavy atom. The third-order valence-electron chi connectivity index (χ3n) is 4.68. The number of nitrogens with two attached hydrogens (primary N) is 1. The van der Waals surface area contributed by atoms with Gasteiger partial charge in [0.05, 0.1) is 5.52 Å². The van der Waals surface area contributed by atoms with Crippen molar-refractivity contribution in [3.63, 3.8) is 0 Å². The summed E-state index contributed by atoms with van der Waals surface area (Å²) < 4.78 is 0. The van der Waals surface area contributed by atoms with Crippen LogP contribution in [0.25, 0.3) is 10.9 Å². The molecule has 1 aliphatic rings. The molecule has 0 saturated heterocycles. The van der Waals surface area contributed by atoms with Gasteiger partial charge in [-0.15, -0.1) is 0 Å². The molecule has 5 nitrogen and oxygen atoms in total. The quantitative estimate of drug-likeness (QED) is 0.758. The van der Waals surface area contributed by atoms with Crippen molar-refractivity contribution >= 4 is 22.5 Å². The second-order valence-electron chi connectivity index (χ2n) is 6.19. The highest BCUT2D eigenvalue weighted by Crippen LogP contribution is 2.30. The summed E-state index contributed by atoms with van der Waals surface area (Å²) in [6, 6.07) is 5.85. The number of aromatic amines is 1. The summed E-state index contributed by atoms with van der Waals surface area (Å²) in [6.45, 7) is 5.43. The van der Waals surface area contributed by atoms with Crippen LogP contribution in [0.1, 0.15) is 37.2 Å². The van der Waals surface area contributed by atoms with Crippen LogP contribution in [-0.4, -0.2) is 22.6 Å². The van der Waals surface area contributed by atoms with E-state index in [0.29, 0.717) is 17.5 Å². The standard InChI is InChI=1S/C17H22N4O/c1-10-4-3-5-11(2)14(10)9-19-12-6-7-15-13(8-12)16(17(18)22)21-20-15/h4,6-8,11,14,19H,3,5,9H2,1-2H3,(H2,18,22)(H,20,21). The number of hydrogen-bond acceptors (Lipinski definition) is 3. The van der Waals surface area contributed by atoms with Crippen LogP contribution in [0.5, 0.6) is 0 Å². The van der Waals surface area contributed by atoms with E-state index >= 15 is 0 Å². The minimum Gasteiger partial charge on any atom is -0.384 e. The van der Waals surface area contributed by atoms with E-state index in [1.165, 1.54) is 18.4 Å². The minimum atomic E-state index is -0.511. The first kappa shape index (κ1) is 14.6. The fourth-order valence-electron chi connectivity index (χ4n) is 3.28. The van der Waals surface area contributed by atoms with Gasteiger partial charge in [0.15, 0.2) is 5.69 Å². The Morgan fingerprint density at radius 3 is 3.05 bits per heavy atom. The van der Waals surface area contributed by atoms with E-state index in [1.54, 1.807) is 0 Å². The highest BCUT2D eigenvalue weighted by Gasteiger charge is 2.21. The maximum atomic E-state index is 11.4. The molecule has 0 fully saturated rings. The van der Waals surface area contributed by atoms with Gasteiger partial charge in [0.1, 0.15) is 0 Å². The van der Waals surface area contributed by atoms with Crippen LogP contribution in [-0.2, 0) is 0 Å². The van der Waals surface area contributed by atoms with Gasteiger partial charge in [-0.2, -0.15) is 5.10 Å². The van der Waals surface area contributed by atoms with Crippen LogP contribution in [0, 0.1) is 11.8 Å². The van der Waals surface area contributed by atoms with Crippen molar-refractivity contribution in [2.45, 2.75) is 26.7 Å². The van der Waals surface area contributed by atoms with Gasteiger partial charge in [0, 0.05) is 17.6 Å². The number of fused-ring (bicyclic) bond motifs is 1. The molecule has 1 heterocycles. The number of nitrogens with zero attached hydrogens (tertiary/aromatic N) is 1. The SMILES string of the molecule is CC1=CCCC(C)C1CNc1ccc2[nH]nc(C(N)=O)c2c1. The molecule has 1 aromatic carbocycles. The second-order valence-corrected chi connectivity index (χ2v) is 6.19. The van der Waals surface area contributed by atoms with Crippen molar-refractivity contribution in [1.29, 1.82) is 0 Å². The molecular weight excluding hydrogens is 276 g/mol. The number of benzene rings is 1. The average Bonchev–Trinajstić information content (AvgIpc) is 2.90. The normalized spacial score (nSPS) is 21.6.